The summed E-state index contributed by atoms with van der Waals surface area (Å²) in [5.41, 5.74) is 33.7. The highest BCUT2D eigenvalue weighted by atomic mass is 15.2. The van der Waals surface area contributed by atoms with Crippen LogP contribution in [0.25, 0.3) is 22.3 Å². The van der Waals surface area contributed by atoms with Crippen molar-refractivity contribution < 1.29 is 0 Å². The van der Waals surface area contributed by atoms with Crippen LogP contribution in [0.3, 0.4) is 0 Å². The number of aryl methyl sites for hydroxylation is 1. The van der Waals surface area contributed by atoms with Crippen molar-refractivity contribution in [1.29, 1.82) is 0 Å². The highest BCUT2D eigenvalue weighted by molar-refractivity contribution is 7.00. The zero-order valence-electron chi connectivity index (χ0n) is 53.3. The predicted molar refractivity (Wildman–Crippen MR) is 363 cm³/mol. The van der Waals surface area contributed by atoms with Crippen LogP contribution in [0.4, 0.5) is 34.1 Å². The van der Waals surface area contributed by atoms with Crippen molar-refractivity contribution in [2.45, 2.75) is 174 Å². The molecule has 0 aromatic heterocycles. The molecule has 15 rings (SSSR count). The van der Waals surface area contributed by atoms with Gasteiger partial charge in [0.15, 0.2) is 0 Å². The van der Waals surface area contributed by atoms with E-state index in [4.69, 9.17) is 0 Å². The third-order valence-corrected chi connectivity index (χ3v) is 23.0. The minimum absolute atomic E-state index is 0.0372. The van der Waals surface area contributed by atoms with Crippen LogP contribution in [0.15, 0.2) is 176 Å². The number of hydrogen-bond acceptors (Lipinski definition) is 2. The normalized spacial score (nSPS) is 21.4. The van der Waals surface area contributed by atoms with Gasteiger partial charge in [-0.2, -0.15) is 0 Å². The molecular formula is C82H85BN2. The van der Waals surface area contributed by atoms with Gasteiger partial charge in [0.05, 0.1) is 5.69 Å². The van der Waals surface area contributed by atoms with Gasteiger partial charge in [-0.25, -0.2) is 0 Å². The van der Waals surface area contributed by atoms with E-state index in [1.165, 1.54) is 154 Å². The van der Waals surface area contributed by atoms with E-state index in [2.05, 4.69) is 290 Å². The molecule has 2 heterocycles. The lowest BCUT2D eigenvalue weighted by atomic mass is 9.33. The number of hydrogen-bond donors (Lipinski definition) is 0. The maximum Gasteiger partial charge on any atom is 0.252 e. The average Bonchev–Trinajstić information content (AvgIpc) is 0.909. The first kappa shape index (κ1) is 54.3. The molecule has 9 aromatic carbocycles. The van der Waals surface area contributed by atoms with Crippen molar-refractivity contribution >= 4 is 57.2 Å². The molecule has 9 aromatic rings. The largest absolute Gasteiger partial charge is 0.311 e. The van der Waals surface area contributed by atoms with Gasteiger partial charge in [0.1, 0.15) is 0 Å². The van der Waals surface area contributed by atoms with Crippen molar-refractivity contribution in [3.63, 3.8) is 0 Å². The first-order valence-electron chi connectivity index (χ1n) is 32.1. The Labute approximate surface area is 508 Å². The van der Waals surface area contributed by atoms with E-state index in [1.54, 1.807) is 11.1 Å². The van der Waals surface area contributed by atoms with Crippen LogP contribution in [0.1, 0.15) is 195 Å². The summed E-state index contributed by atoms with van der Waals surface area (Å²) in [5, 5.41) is 0. The van der Waals surface area contributed by atoms with Crippen LogP contribution in [0.2, 0.25) is 0 Å². The zero-order valence-corrected chi connectivity index (χ0v) is 53.3. The molecule has 0 amide bonds. The molecule has 426 valence electrons. The van der Waals surface area contributed by atoms with E-state index in [0.717, 1.165) is 6.42 Å². The molecule has 0 N–H and O–H groups in total. The Kier molecular flexibility index (Phi) is 11.6. The van der Waals surface area contributed by atoms with Gasteiger partial charge >= 0.3 is 0 Å². The van der Waals surface area contributed by atoms with Gasteiger partial charge in [-0.1, -0.05) is 237 Å². The van der Waals surface area contributed by atoms with Gasteiger partial charge in [0.2, 0.25) is 0 Å². The van der Waals surface area contributed by atoms with Crippen LogP contribution in [0.5, 0.6) is 0 Å². The topological polar surface area (TPSA) is 6.48 Å². The lowest BCUT2D eigenvalue weighted by Crippen LogP contribution is -2.62. The number of fused-ring (bicyclic) bond motifs is 12. The van der Waals surface area contributed by atoms with E-state index in [9.17, 15) is 0 Å². The highest BCUT2D eigenvalue weighted by Crippen LogP contribution is 2.66. The Balaban J connectivity index is 1.01. The molecule has 0 saturated heterocycles. The summed E-state index contributed by atoms with van der Waals surface area (Å²) < 4.78 is 0. The molecule has 2 aliphatic heterocycles. The predicted octanol–water partition coefficient (Wildman–Crippen LogP) is 19.8. The van der Waals surface area contributed by atoms with Crippen LogP contribution in [-0.2, 0) is 38.9 Å². The van der Waals surface area contributed by atoms with Gasteiger partial charge in [0.25, 0.3) is 6.71 Å². The summed E-state index contributed by atoms with van der Waals surface area (Å²) in [7, 11) is 0. The molecule has 85 heavy (non-hydrogen) atoms. The van der Waals surface area contributed by atoms with E-state index in [0.29, 0.717) is 5.92 Å². The Hall–Kier alpha value is -7.36. The Bertz CT molecular complexity index is 4290. The van der Waals surface area contributed by atoms with Crippen LogP contribution < -0.4 is 26.2 Å². The fraction of sp³-hybridized carbons (Fsp3) is 0.341. The number of benzene rings is 9. The SMILES string of the molecule is Cc1cc2c3c(c1)N(c1ccc(C(C)(C)C)cc1-c1ccccc1)c1cc4c(cc1B3c1ccc(CC3c5ccc(C(C)(C)C)cc5C5(C)CCCCC35C)cc1N2c1ccc2c(c1)C(C)(C)c1ccccc1-2)C(C)(C)c1ccccc1C4(C)C. The number of rotatable bonds is 5. The lowest BCUT2D eigenvalue weighted by Gasteiger charge is -2.49. The summed E-state index contributed by atoms with van der Waals surface area (Å²) in [6.07, 6.45) is 6.12. The second-order valence-corrected chi connectivity index (χ2v) is 31.0. The summed E-state index contributed by atoms with van der Waals surface area (Å²) in [5.74, 6) is 0.407. The molecule has 0 spiro atoms. The fourth-order valence-electron chi connectivity index (χ4n) is 17.9. The van der Waals surface area contributed by atoms with Gasteiger partial charge in [0, 0.05) is 50.2 Å². The maximum atomic E-state index is 2.72. The van der Waals surface area contributed by atoms with Crippen LogP contribution in [0, 0.1) is 12.3 Å². The van der Waals surface area contributed by atoms with Crippen molar-refractivity contribution in [2.75, 3.05) is 9.80 Å². The Morgan fingerprint density at radius 3 is 1.73 bits per heavy atom. The van der Waals surface area contributed by atoms with Crippen molar-refractivity contribution in [3.05, 3.63) is 243 Å². The maximum absolute atomic E-state index is 2.72. The van der Waals surface area contributed by atoms with Gasteiger partial charge in [-0.15, -0.1) is 0 Å². The number of anilines is 6. The molecule has 3 heteroatoms. The van der Waals surface area contributed by atoms with E-state index < -0.39 is 0 Å². The minimum Gasteiger partial charge on any atom is -0.311 e. The monoisotopic (exact) mass is 1110 g/mol. The molecule has 3 atom stereocenters. The van der Waals surface area contributed by atoms with E-state index >= 15 is 0 Å². The molecule has 0 bridgehead atoms. The summed E-state index contributed by atoms with van der Waals surface area (Å²) >= 11 is 0. The molecule has 0 radical (unpaired) electrons. The van der Waals surface area contributed by atoms with Gasteiger partial charge in [-0.3, -0.25) is 0 Å². The highest BCUT2D eigenvalue weighted by Gasteiger charge is 2.58. The molecule has 3 unspecified atom stereocenters. The lowest BCUT2D eigenvalue weighted by molar-refractivity contribution is 0.0794. The first-order chi connectivity index (χ1) is 40.3. The van der Waals surface area contributed by atoms with Crippen LogP contribution >= 0.6 is 0 Å². The summed E-state index contributed by atoms with van der Waals surface area (Å²) in [4.78, 5) is 5.43. The molecule has 4 aliphatic carbocycles. The van der Waals surface area contributed by atoms with Crippen LogP contribution in [-0.4, -0.2) is 6.71 Å². The molecule has 6 aliphatic rings. The fourth-order valence-corrected chi connectivity index (χ4v) is 17.9. The zero-order chi connectivity index (χ0) is 59.3. The van der Waals surface area contributed by atoms with E-state index in [-0.39, 0.29) is 44.6 Å². The van der Waals surface area contributed by atoms with E-state index in [1.807, 2.05) is 0 Å². The smallest absolute Gasteiger partial charge is 0.252 e. The van der Waals surface area contributed by atoms with Crippen molar-refractivity contribution in [1.82, 2.24) is 0 Å². The van der Waals surface area contributed by atoms with Crippen molar-refractivity contribution in [2.24, 2.45) is 5.41 Å². The Morgan fingerprint density at radius 2 is 1.02 bits per heavy atom. The quantitative estimate of drug-likeness (QED) is 0.159. The second kappa shape index (κ2) is 18.1. The summed E-state index contributed by atoms with van der Waals surface area (Å²) in [6, 6.07) is 70.4. The average molecular weight is 1110 g/mol. The van der Waals surface area contributed by atoms with Gasteiger partial charge in [-0.05, 0) is 202 Å². The molecule has 1 saturated carbocycles. The van der Waals surface area contributed by atoms with Crippen molar-refractivity contribution in [3.8, 4) is 22.3 Å². The third-order valence-electron chi connectivity index (χ3n) is 23.0. The number of nitrogens with zero attached hydrogens (tertiary/aromatic N) is 2. The third kappa shape index (κ3) is 7.63. The molecule has 2 nitrogen and oxygen atoms in total. The van der Waals surface area contributed by atoms with Gasteiger partial charge < -0.3 is 9.80 Å². The first-order valence-corrected chi connectivity index (χ1v) is 32.1. The molecular weight excluding hydrogens is 1020 g/mol. The molecule has 1 fully saturated rings. The second-order valence-electron chi connectivity index (χ2n) is 31.0. The standard InChI is InChI=1S/C82H85BN2/c1-50-41-73-75-74(42-50)85(70-38-33-53(76(2,3)4)45-59(70)52-25-17-16-18-26-52)72-49-67-66(79(10,11)61-29-21-22-30-62(61)80(67,12)13)48-69(72)83(75)68-37-31-51(43-64-58-35-32-54(77(5,6)7)46-65(58)82(15)40-24-23-39-81(64,82)14)44-71(68)84(73)55-34-36-57-56-27-19-20-28-60(56)78(8,9)63(57)47-55/h16-22,25-38,41-42,44-49,64H,23-24,39-40,43H2,1-15H3. The minimum atomic E-state index is -0.242. The Morgan fingerprint density at radius 1 is 0.435 bits per heavy atom. The summed E-state index contributed by atoms with van der Waals surface area (Å²) in [6.45, 7) is 36.6.